The molecule has 2 aromatic carbocycles. The molecule has 0 bridgehead atoms. The van der Waals surface area contributed by atoms with Gasteiger partial charge in [-0.1, -0.05) is 77.1 Å². The Morgan fingerprint density at radius 3 is 2.26 bits per heavy atom. The second-order valence-electron chi connectivity index (χ2n) is 13.7. The van der Waals surface area contributed by atoms with Crippen molar-refractivity contribution in [1.29, 1.82) is 0 Å². The van der Waals surface area contributed by atoms with Crippen LogP contribution >= 0.6 is 0 Å². The van der Waals surface area contributed by atoms with Crippen molar-refractivity contribution in [3.63, 3.8) is 0 Å². The van der Waals surface area contributed by atoms with E-state index in [2.05, 4.69) is 44.2 Å². The Morgan fingerprint density at radius 1 is 1.04 bits per heavy atom. The summed E-state index contributed by atoms with van der Waals surface area (Å²) in [7, 11) is -2.35. The van der Waals surface area contributed by atoms with Gasteiger partial charge in [-0.2, -0.15) is 4.98 Å². The van der Waals surface area contributed by atoms with Crippen molar-refractivity contribution in [3.8, 4) is 11.1 Å². The van der Waals surface area contributed by atoms with Gasteiger partial charge in [0.15, 0.2) is 13.9 Å². The van der Waals surface area contributed by atoms with E-state index in [9.17, 15) is 19.2 Å². The number of nitrogens with one attached hydrogen (secondary N) is 1. The highest BCUT2D eigenvalue weighted by molar-refractivity contribution is 6.74. The van der Waals surface area contributed by atoms with Crippen molar-refractivity contribution >= 4 is 32.0 Å². The van der Waals surface area contributed by atoms with Crippen molar-refractivity contribution < 1.29 is 33.0 Å². The Labute approximate surface area is 276 Å². The normalized spacial score (nSPS) is 19.8. The Bertz CT molecular complexity index is 1630. The number of amides is 1. The number of nitrogens with zero attached hydrogens (tertiary/aromatic N) is 2. The summed E-state index contributed by atoms with van der Waals surface area (Å²) in [4.78, 5) is 55.1. The number of rotatable bonds is 11. The molecular weight excluding hydrogens is 618 g/mol. The molecule has 3 atom stereocenters. The average molecular weight is 664 g/mol. The number of carbonyl (C=O) groups excluding carboxylic acids is 3. The number of aromatic nitrogens is 2. The summed E-state index contributed by atoms with van der Waals surface area (Å²) in [5, 5.41) is 2.47. The molecule has 0 radical (unpaired) electrons. The number of benzene rings is 2. The lowest BCUT2D eigenvalue weighted by Gasteiger charge is -2.40. The summed E-state index contributed by atoms with van der Waals surface area (Å²) >= 11 is 0. The minimum atomic E-state index is -2.35. The van der Waals surface area contributed by atoms with Crippen LogP contribution in [0.15, 0.2) is 71.7 Å². The van der Waals surface area contributed by atoms with Crippen LogP contribution in [-0.4, -0.2) is 60.6 Å². The van der Waals surface area contributed by atoms with Crippen LogP contribution in [-0.2, 0) is 28.2 Å². The molecule has 1 aliphatic heterocycles. The van der Waals surface area contributed by atoms with Gasteiger partial charge in [-0.25, -0.2) is 9.59 Å². The molecule has 252 valence electrons. The van der Waals surface area contributed by atoms with Crippen LogP contribution in [0.1, 0.15) is 64.5 Å². The second kappa shape index (κ2) is 14.3. The molecule has 1 amide bonds. The van der Waals surface area contributed by atoms with Crippen molar-refractivity contribution in [1.82, 2.24) is 9.55 Å². The van der Waals surface area contributed by atoms with Crippen LogP contribution in [0.2, 0.25) is 18.1 Å². The van der Waals surface area contributed by atoms with Crippen LogP contribution < -0.4 is 11.0 Å². The topological polar surface area (TPSA) is 135 Å². The van der Waals surface area contributed by atoms with Gasteiger partial charge in [0.1, 0.15) is 24.8 Å². The Hall–Kier alpha value is -4.13. The average Bonchev–Trinajstić information content (AvgIpc) is 3.36. The number of esters is 2. The van der Waals surface area contributed by atoms with E-state index >= 15 is 0 Å². The van der Waals surface area contributed by atoms with Crippen LogP contribution in [0.4, 0.5) is 5.82 Å². The van der Waals surface area contributed by atoms with E-state index in [-0.39, 0.29) is 42.3 Å². The van der Waals surface area contributed by atoms with Gasteiger partial charge in [-0.15, -0.1) is 0 Å². The van der Waals surface area contributed by atoms with Crippen molar-refractivity contribution in [2.75, 3.05) is 18.5 Å². The summed E-state index contributed by atoms with van der Waals surface area (Å²) in [5.41, 5.74) is 0.261. The molecular formula is C35H45N3O8Si. The van der Waals surface area contributed by atoms with Gasteiger partial charge in [0.25, 0.3) is 0 Å². The zero-order valence-corrected chi connectivity index (χ0v) is 29.4. The predicted octanol–water partition coefficient (Wildman–Crippen LogP) is 5.97. The van der Waals surface area contributed by atoms with E-state index in [1.807, 2.05) is 42.5 Å². The van der Waals surface area contributed by atoms with Crippen LogP contribution in [0.25, 0.3) is 11.1 Å². The standard InChI is InChI=1S/C35H45N3O8Si/c1-23(2)31(40)36-29-18-19-38(33(42)37-29)30-20-35(46-24(3)39,22-44-47(7,8)34(4,5)6)28(45-30)21-43-32(41)27-16-14-26(15-17-27)25-12-10-9-11-13-25/h9-19,23,28,30H,20-22H2,1-8H3,(H,36,37,40,42)/t28-,30+,35-/m1/s1. The summed E-state index contributed by atoms with van der Waals surface area (Å²) in [6.07, 6.45) is -0.401. The highest BCUT2D eigenvalue weighted by atomic mass is 28.4. The molecule has 3 aromatic rings. The second-order valence-corrected chi connectivity index (χ2v) is 18.5. The fourth-order valence-corrected chi connectivity index (χ4v) is 5.91. The molecule has 1 aliphatic rings. The minimum absolute atomic E-state index is 0.0295. The first-order valence-electron chi connectivity index (χ1n) is 15.7. The third kappa shape index (κ3) is 8.62. The lowest BCUT2D eigenvalue weighted by atomic mass is 9.95. The predicted molar refractivity (Wildman–Crippen MR) is 180 cm³/mol. The van der Waals surface area contributed by atoms with Gasteiger partial charge in [-0.05, 0) is 47.5 Å². The van der Waals surface area contributed by atoms with Gasteiger partial charge in [-0.3, -0.25) is 14.2 Å². The maximum Gasteiger partial charge on any atom is 0.351 e. The molecule has 0 unspecified atom stereocenters. The number of anilines is 1. The SMILES string of the molecule is CC(=O)O[C@@]1(CO[Si](C)(C)C(C)(C)C)C[C@@H](n2ccc(NC(=O)C(C)C)nc2=O)O[C@@H]1COC(=O)c1ccc(-c2ccccc2)cc1. The molecule has 1 fully saturated rings. The summed E-state index contributed by atoms with van der Waals surface area (Å²) in [6, 6.07) is 18.4. The fourth-order valence-electron chi connectivity index (χ4n) is 4.87. The van der Waals surface area contributed by atoms with E-state index in [1.165, 1.54) is 23.8 Å². The first-order valence-corrected chi connectivity index (χ1v) is 18.6. The number of hydrogen-bond acceptors (Lipinski definition) is 9. The molecule has 47 heavy (non-hydrogen) atoms. The summed E-state index contributed by atoms with van der Waals surface area (Å²) < 4.78 is 25.9. The molecule has 12 heteroatoms. The lowest BCUT2D eigenvalue weighted by Crippen LogP contribution is -2.53. The highest BCUT2D eigenvalue weighted by Gasteiger charge is 2.54. The Morgan fingerprint density at radius 2 is 1.68 bits per heavy atom. The van der Waals surface area contributed by atoms with E-state index in [4.69, 9.17) is 18.6 Å². The monoisotopic (exact) mass is 663 g/mol. The molecule has 0 aliphatic carbocycles. The first kappa shape index (κ1) is 35.7. The van der Waals surface area contributed by atoms with E-state index in [1.54, 1.807) is 26.0 Å². The molecule has 1 N–H and O–H groups in total. The third-order valence-corrected chi connectivity index (χ3v) is 13.2. The highest BCUT2D eigenvalue weighted by Crippen LogP contribution is 2.43. The maximum absolute atomic E-state index is 13.2. The molecule has 1 saturated heterocycles. The van der Waals surface area contributed by atoms with E-state index < -0.39 is 43.9 Å². The smallest absolute Gasteiger partial charge is 0.351 e. The summed E-state index contributed by atoms with van der Waals surface area (Å²) in [6.45, 7) is 14.9. The molecule has 0 spiro atoms. The van der Waals surface area contributed by atoms with E-state index in [0.717, 1.165) is 11.1 Å². The molecule has 11 nitrogen and oxygen atoms in total. The largest absolute Gasteiger partial charge is 0.459 e. The Balaban J connectivity index is 1.61. The van der Waals surface area contributed by atoms with Gasteiger partial charge < -0.3 is 24.0 Å². The first-order chi connectivity index (χ1) is 22.0. The van der Waals surface area contributed by atoms with Crippen molar-refractivity contribution in [2.45, 2.75) is 84.0 Å². The molecule has 4 rings (SSSR count). The summed E-state index contributed by atoms with van der Waals surface area (Å²) in [5.74, 6) is -1.62. The zero-order chi connectivity index (χ0) is 34.6. The number of hydrogen-bond donors (Lipinski definition) is 1. The number of ether oxygens (including phenoxy) is 3. The number of carbonyl (C=O) groups is 3. The third-order valence-electron chi connectivity index (χ3n) is 8.77. The van der Waals surface area contributed by atoms with Gasteiger partial charge in [0.2, 0.25) is 5.91 Å². The Kier molecular flexibility index (Phi) is 10.9. The zero-order valence-electron chi connectivity index (χ0n) is 28.4. The lowest BCUT2D eigenvalue weighted by molar-refractivity contribution is -0.172. The maximum atomic E-state index is 13.2. The van der Waals surface area contributed by atoms with Gasteiger partial charge >= 0.3 is 17.6 Å². The molecule has 0 saturated carbocycles. The van der Waals surface area contributed by atoms with Crippen molar-refractivity contribution in [3.05, 3.63) is 82.9 Å². The quantitative estimate of drug-likeness (QED) is 0.194. The van der Waals surface area contributed by atoms with Crippen molar-refractivity contribution in [2.24, 2.45) is 5.92 Å². The van der Waals surface area contributed by atoms with E-state index in [0.29, 0.717) is 5.56 Å². The molecule has 2 heterocycles. The van der Waals surface area contributed by atoms with Crippen LogP contribution in [0.3, 0.4) is 0 Å². The minimum Gasteiger partial charge on any atom is -0.459 e. The van der Waals surface area contributed by atoms with Crippen LogP contribution in [0, 0.1) is 5.92 Å². The van der Waals surface area contributed by atoms with Gasteiger partial charge in [0.05, 0.1) is 12.2 Å². The fraction of sp³-hybridized carbons (Fsp3) is 0.457. The van der Waals surface area contributed by atoms with Gasteiger partial charge in [0, 0.05) is 25.5 Å². The van der Waals surface area contributed by atoms with Crippen LogP contribution in [0.5, 0.6) is 0 Å². The molecule has 1 aromatic heterocycles.